The van der Waals surface area contributed by atoms with Gasteiger partial charge in [-0.05, 0) is 43.7 Å². The van der Waals surface area contributed by atoms with Crippen LogP contribution in [-0.2, 0) is 4.79 Å². The third-order valence-electron chi connectivity index (χ3n) is 4.94. The van der Waals surface area contributed by atoms with Crippen LogP contribution in [0.3, 0.4) is 0 Å². The topological polar surface area (TPSA) is 69.0 Å². The van der Waals surface area contributed by atoms with Crippen LogP contribution in [0.2, 0.25) is 0 Å². The van der Waals surface area contributed by atoms with Crippen molar-refractivity contribution in [2.75, 3.05) is 5.32 Å². The highest BCUT2D eigenvalue weighted by Gasteiger charge is 2.31. The quantitative estimate of drug-likeness (QED) is 0.533. The molecule has 4 aromatic rings. The highest BCUT2D eigenvalue weighted by molar-refractivity contribution is 7.20. The number of thiazole rings is 1. The van der Waals surface area contributed by atoms with Crippen LogP contribution < -0.4 is 10.1 Å². The molecule has 3 heterocycles. The Bertz CT molecular complexity index is 1160. The SMILES string of the molecule is CC(C)Oc1ccc([C@H]2CC(=O)Nc3c2cnn3-c2nc3ccccc3s2)cc1. The lowest BCUT2D eigenvalue weighted by Crippen LogP contribution is -2.24. The van der Waals surface area contributed by atoms with E-state index in [4.69, 9.17) is 4.74 Å². The third-order valence-corrected chi connectivity index (χ3v) is 5.95. The Kier molecular flexibility index (Phi) is 4.32. The Hall–Kier alpha value is -3.19. The fraction of sp³-hybridized carbons (Fsp3) is 0.227. The number of nitrogens with one attached hydrogen (secondary N) is 1. The monoisotopic (exact) mass is 404 g/mol. The number of rotatable bonds is 4. The van der Waals surface area contributed by atoms with Crippen molar-refractivity contribution in [3.8, 4) is 10.9 Å². The molecule has 2 aromatic carbocycles. The molecular weight excluding hydrogens is 384 g/mol. The van der Waals surface area contributed by atoms with E-state index in [2.05, 4.69) is 15.4 Å². The summed E-state index contributed by atoms with van der Waals surface area (Å²) in [6.07, 6.45) is 2.35. The van der Waals surface area contributed by atoms with E-state index in [9.17, 15) is 4.79 Å². The van der Waals surface area contributed by atoms with E-state index < -0.39 is 0 Å². The highest BCUT2D eigenvalue weighted by Crippen LogP contribution is 2.39. The van der Waals surface area contributed by atoms with Crippen LogP contribution in [0, 0.1) is 0 Å². The van der Waals surface area contributed by atoms with Crippen molar-refractivity contribution in [2.45, 2.75) is 32.3 Å². The molecule has 6 nitrogen and oxygen atoms in total. The van der Waals surface area contributed by atoms with E-state index in [1.807, 2.05) is 68.6 Å². The van der Waals surface area contributed by atoms with Gasteiger partial charge in [0.1, 0.15) is 11.6 Å². The van der Waals surface area contributed by atoms with Crippen LogP contribution >= 0.6 is 11.3 Å². The van der Waals surface area contributed by atoms with Crippen molar-refractivity contribution in [3.05, 3.63) is 65.9 Å². The molecule has 1 atom stereocenters. The van der Waals surface area contributed by atoms with Crippen LogP contribution in [0.5, 0.6) is 5.75 Å². The zero-order valence-corrected chi connectivity index (χ0v) is 16.9. The molecule has 1 aliphatic heterocycles. The van der Waals surface area contributed by atoms with Gasteiger partial charge in [0.2, 0.25) is 11.0 Å². The number of fused-ring (bicyclic) bond motifs is 2. The molecule has 0 saturated heterocycles. The summed E-state index contributed by atoms with van der Waals surface area (Å²) in [7, 11) is 0. The molecular formula is C22H20N4O2S. The molecule has 0 radical (unpaired) electrons. The Morgan fingerprint density at radius 3 is 2.72 bits per heavy atom. The maximum absolute atomic E-state index is 12.5. The van der Waals surface area contributed by atoms with Crippen molar-refractivity contribution >= 4 is 33.3 Å². The first-order chi connectivity index (χ1) is 14.1. The number of ether oxygens (including phenoxy) is 1. The lowest BCUT2D eigenvalue weighted by atomic mass is 9.87. The normalized spacial score (nSPS) is 16.1. The standard InChI is InChI=1S/C22H20N4O2S/c1-13(2)28-15-9-7-14(8-10-15)16-11-20(27)25-21-17(16)12-23-26(21)22-24-18-5-3-4-6-19(18)29-22/h3-10,12-13,16H,11H2,1-2H3,(H,25,27)/t16-/m1/s1. The molecule has 0 fully saturated rings. The fourth-order valence-electron chi connectivity index (χ4n) is 3.66. The van der Waals surface area contributed by atoms with Gasteiger partial charge in [-0.1, -0.05) is 35.6 Å². The average Bonchev–Trinajstić information content (AvgIpc) is 3.31. The first-order valence-electron chi connectivity index (χ1n) is 9.59. The van der Waals surface area contributed by atoms with E-state index in [0.29, 0.717) is 12.2 Å². The molecule has 1 aliphatic rings. The van der Waals surface area contributed by atoms with E-state index in [1.165, 1.54) is 0 Å². The first-order valence-corrected chi connectivity index (χ1v) is 10.4. The fourth-order valence-corrected chi connectivity index (χ4v) is 4.59. The number of carbonyl (C=O) groups is 1. The van der Waals surface area contributed by atoms with Gasteiger partial charge in [0.25, 0.3) is 0 Å². The minimum absolute atomic E-state index is 0.0205. The Morgan fingerprint density at radius 2 is 1.97 bits per heavy atom. The van der Waals surface area contributed by atoms with Crippen molar-refractivity contribution in [2.24, 2.45) is 0 Å². The van der Waals surface area contributed by atoms with E-state index in [0.717, 1.165) is 32.2 Å². The summed E-state index contributed by atoms with van der Waals surface area (Å²) >= 11 is 1.56. The predicted molar refractivity (Wildman–Crippen MR) is 114 cm³/mol. The van der Waals surface area contributed by atoms with Gasteiger partial charge in [-0.15, -0.1) is 0 Å². The molecule has 2 aromatic heterocycles. The molecule has 5 rings (SSSR count). The summed E-state index contributed by atoms with van der Waals surface area (Å²) in [4.78, 5) is 17.2. The van der Waals surface area contributed by atoms with Gasteiger partial charge in [0, 0.05) is 17.9 Å². The maximum atomic E-state index is 12.5. The number of para-hydroxylation sites is 1. The highest BCUT2D eigenvalue weighted by atomic mass is 32.1. The molecule has 29 heavy (non-hydrogen) atoms. The lowest BCUT2D eigenvalue weighted by Gasteiger charge is -2.23. The van der Waals surface area contributed by atoms with Gasteiger partial charge >= 0.3 is 0 Å². The van der Waals surface area contributed by atoms with E-state index in [1.54, 1.807) is 16.0 Å². The lowest BCUT2D eigenvalue weighted by molar-refractivity contribution is -0.116. The average molecular weight is 404 g/mol. The van der Waals surface area contributed by atoms with Gasteiger partial charge < -0.3 is 10.1 Å². The van der Waals surface area contributed by atoms with Crippen LogP contribution in [0.1, 0.15) is 37.3 Å². The number of nitrogens with zero attached hydrogens (tertiary/aromatic N) is 3. The zero-order chi connectivity index (χ0) is 20.0. The van der Waals surface area contributed by atoms with Crippen LogP contribution in [0.15, 0.2) is 54.7 Å². The van der Waals surface area contributed by atoms with Gasteiger partial charge in [-0.2, -0.15) is 9.78 Å². The summed E-state index contributed by atoms with van der Waals surface area (Å²) in [6, 6.07) is 15.9. The number of hydrogen-bond donors (Lipinski definition) is 1. The van der Waals surface area contributed by atoms with E-state index in [-0.39, 0.29) is 17.9 Å². The van der Waals surface area contributed by atoms with Gasteiger partial charge in [-0.3, -0.25) is 4.79 Å². The third kappa shape index (κ3) is 3.27. The molecule has 0 aliphatic carbocycles. The molecule has 146 valence electrons. The zero-order valence-electron chi connectivity index (χ0n) is 16.1. The molecule has 0 saturated carbocycles. The van der Waals surface area contributed by atoms with Crippen LogP contribution in [0.4, 0.5) is 5.82 Å². The Balaban J connectivity index is 1.53. The predicted octanol–water partition coefficient (Wildman–Crippen LogP) is 4.74. The van der Waals surface area contributed by atoms with Crippen molar-refractivity contribution < 1.29 is 9.53 Å². The minimum atomic E-state index is -0.0463. The minimum Gasteiger partial charge on any atom is -0.491 e. The summed E-state index contributed by atoms with van der Waals surface area (Å²) < 4.78 is 8.56. The summed E-state index contributed by atoms with van der Waals surface area (Å²) in [6.45, 7) is 4.00. The second kappa shape index (κ2) is 7.00. The number of hydrogen-bond acceptors (Lipinski definition) is 5. The van der Waals surface area contributed by atoms with Gasteiger partial charge in [0.15, 0.2) is 0 Å². The molecule has 0 unspecified atom stereocenters. The van der Waals surface area contributed by atoms with Crippen molar-refractivity contribution in [1.82, 2.24) is 14.8 Å². The number of carbonyl (C=O) groups excluding carboxylic acids is 1. The summed E-state index contributed by atoms with van der Waals surface area (Å²) in [5.41, 5.74) is 3.00. The Labute approximate surface area is 172 Å². The summed E-state index contributed by atoms with van der Waals surface area (Å²) in [5.74, 6) is 1.46. The molecule has 7 heteroatoms. The molecule has 0 spiro atoms. The maximum Gasteiger partial charge on any atom is 0.226 e. The summed E-state index contributed by atoms with van der Waals surface area (Å²) in [5, 5.41) is 8.29. The van der Waals surface area contributed by atoms with E-state index >= 15 is 0 Å². The Morgan fingerprint density at radius 1 is 1.17 bits per heavy atom. The second-order valence-electron chi connectivity index (χ2n) is 7.37. The smallest absolute Gasteiger partial charge is 0.226 e. The van der Waals surface area contributed by atoms with Crippen molar-refractivity contribution in [1.29, 1.82) is 0 Å². The molecule has 1 amide bonds. The number of aromatic nitrogens is 3. The van der Waals surface area contributed by atoms with Gasteiger partial charge in [0.05, 0.1) is 22.5 Å². The second-order valence-corrected chi connectivity index (χ2v) is 8.37. The molecule has 1 N–H and O–H groups in total. The van der Waals surface area contributed by atoms with Crippen LogP contribution in [0.25, 0.3) is 15.3 Å². The first kappa shape index (κ1) is 17.9. The molecule has 0 bridgehead atoms. The van der Waals surface area contributed by atoms with Crippen molar-refractivity contribution in [3.63, 3.8) is 0 Å². The number of anilines is 1. The van der Waals surface area contributed by atoms with Crippen LogP contribution in [-0.4, -0.2) is 26.8 Å². The largest absolute Gasteiger partial charge is 0.491 e. The number of benzene rings is 2. The van der Waals surface area contributed by atoms with Gasteiger partial charge in [-0.25, -0.2) is 4.98 Å². The number of amides is 1.